The van der Waals surface area contributed by atoms with E-state index in [0.717, 1.165) is 0 Å². The van der Waals surface area contributed by atoms with Crippen LogP contribution in [-0.2, 0) is 4.79 Å². The highest BCUT2D eigenvalue weighted by Gasteiger charge is 2.16. The second-order valence-corrected chi connectivity index (χ2v) is 4.66. The molecule has 0 bridgehead atoms. The van der Waals surface area contributed by atoms with Gasteiger partial charge in [0.15, 0.2) is 6.10 Å². The molecule has 0 aliphatic rings. The highest BCUT2D eigenvalue weighted by atomic mass is 16.5. The zero-order valence-electron chi connectivity index (χ0n) is 12.9. The number of ether oxygens (including phenoxy) is 2. The molecule has 0 saturated heterocycles. The third-order valence-corrected chi connectivity index (χ3v) is 3.18. The summed E-state index contributed by atoms with van der Waals surface area (Å²) in [6.45, 7) is 0. The molecule has 0 radical (unpaired) electrons. The number of hydrogen-bond acceptors (Lipinski definition) is 5. The molecule has 0 aliphatic heterocycles. The fourth-order valence-corrected chi connectivity index (χ4v) is 1.95. The van der Waals surface area contributed by atoms with Crippen LogP contribution in [0.25, 0.3) is 0 Å². The van der Waals surface area contributed by atoms with Crippen molar-refractivity contribution >= 4 is 12.1 Å². The zero-order chi connectivity index (χ0) is 16.7. The Morgan fingerprint density at radius 1 is 1.17 bits per heavy atom. The molecule has 2 rings (SSSR count). The molecular formula is C17H18N2O4. The average Bonchev–Trinajstić information content (AvgIpc) is 2.61. The normalized spacial score (nSPS) is 12.0. The molecule has 2 N–H and O–H groups in total. The third kappa shape index (κ3) is 4.31. The molecule has 0 aromatic heterocycles. The van der Waals surface area contributed by atoms with Gasteiger partial charge in [0, 0.05) is 5.56 Å². The van der Waals surface area contributed by atoms with E-state index in [0.29, 0.717) is 22.6 Å². The highest BCUT2D eigenvalue weighted by molar-refractivity contribution is 5.87. The standard InChI is InChI=1S/C17H18N2O4/c1-22-14-8-9-15(23-2)13(10-14)11-18-19-17(21)16(20)12-6-4-3-5-7-12/h3-11,16,20H,1-2H3,(H,19,21)/b18-11-/t16-/m1/s1. The molecular weight excluding hydrogens is 296 g/mol. The molecule has 2 aromatic rings. The largest absolute Gasteiger partial charge is 0.497 e. The number of nitrogens with zero attached hydrogens (tertiary/aromatic N) is 1. The van der Waals surface area contributed by atoms with E-state index in [1.165, 1.54) is 13.3 Å². The Labute approximate surface area is 134 Å². The molecule has 0 fully saturated rings. The first kappa shape index (κ1) is 16.5. The lowest BCUT2D eigenvalue weighted by molar-refractivity contribution is -0.129. The summed E-state index contributed by atoms with van der Waals surface area (Å²) in [5, 5.41) is 13.8. The maximum absolute atomic E-state index is 11.9. The Bertz CT molecular complexity index is 686. The van der Waals surface area contributed by atoms with Crippen LogP contribution in [0, 0.1) is 0 Å². The summed E-state index contributed by atoms with van der Waals surface area (Å²) in [5.74, 6) is 0.615. The van der Waals surface area contributed by atoms with Crippen molar-refractivity contribution in [3.05, 3.63) is 59.7 Å². The SMILES string of the molecule is COc1ccc(OC)c(/C=N\NC(=O)[C@H](O)c2ccccc2)c1. The van der Waals surface area contributed by atoms with E-state index < -0.39 is 12.0 Å². The molecule has 120 valence electrons. The molecule has 0 heterocycles. The van der Waals surface area contributed by atoms with Gasteiger partial charge in [-0.25, -0.2) is 5.43 Å². The van der Waals surface area contributed by atoms with Crippen LogP contribution >= 0.6 is 0 Å². The average molecular weight is 314 g/mol. The highest BCUT2D eigenvalue weighted by Crippen LogP contribution is 2.22. The van der Waals surface area contributed by atoms with Crippen molar-refractivity contribution in [1.29, 1.82) is 0 Å². The van der Waals surface area contributed by atoms with Crippen LogP contribution in [0.4, 0.5) is 0 Å². The minimum atomic E-state index is -1.28. The van der Waals surface area contributed by atoms with Gasteiger partial charge in [-0.05, 0) is 23.8 Å². The van der Waals surface area contributed by atoms with Gasteiger partial charge in [-0.2, -0.15) is 5.10 Å². The molecule has 0 unspecified atom stereocenters. The number of amides is 1. The van der Waals surface area contributed by atoms with Crippen LogP contribution in [0.2, 0.25) is 0 Å². The first-order valence-corrected chi connectivity index (χ1v) is 6.93. The fraction of sp³-hybridized carbons (Fsp3) is 0.176. The lowest BCUT2D eigenvalue weighted by atomic mass is 10.1. The molecule has 0 saturated carbocycles. The fourth-order valence-electron chi connectivity index (χ4n) is 1.95. The number of methoxy groups -OCH3 is 2. The minimum Gasteiger partial charge on any atom is -0.497 e. The monoisotopic (exact) mass is 314 g/mol. The predicted molar refractivity (Wildman–Crippen MR) is 86.7 cm³/mol. The summed E-state index contributed by atoms with van der Waals surface area (Å²) < 4.78 is 10.3. The van der Waals surface area contributed by atoms with Crippen LogP contribution < -0.4 is 14.9 Å². The van der Waals surface area contributed by atoms with Crippen molar-refractivity contribution in [2.75, 3.05) is 14.2 Å². The van der Waals surface area contributed by atoms with Gasteiger partial charge >= 0.3 is 0 Å². The maximum atomic E-state index is 11.9. The van der Waals surface area contributed by atoms with Gasteiger partial charge in [0.25, 0.3) is 5.91 Å². The minimum absolute atomic E-state index is 0.499. The van der Waals surface area contributed by atoms with Crippen LogP contribution in [0.5, 0.6) is 11.5 Å². The zero-order valence-corrected chi connectivity index (χ0v) is 12.9. The van der Waals surface area contributed by atoms with Crippen molar-refractivity contribution < 1.29 is 19.4 Å². The van der Waals surface area contributed by atoms with E-state index in [1.54, 1.807) is 55.6 Å². The quantitative estimate of drug-likeness (QED) is 0.630. The van der Waals surface area contributed by atoms with Crippen molar-refractivity contribution in [3.8, 4) is 11.5 Å². The Morgan fingerprint density at radius 2 is 1.91 bits per heavy atom. The van der Waals surface area contributed by atoms with Crippen LogP contribution in [0.3, 0.4) is 0 Å². The van der Waals surface area contributed by atoms with Gasteiger partial charge in [-0.3, -0.25) is 4.79 Å². The second-order valence-electron chi connectivity index (χ2n) is 4.66. The summed E-state index contributed by atoms with van der Waals surface area (Å²) in [4.78, 5) is 11.9. The van der Waals surface area contributed by atoms with E-state index in [1.807, 2.05) is 0 Å². The molecule has 1 amide bonds. The smallest absolute Gasteiger partial charge is 0.273 e. The summed E-state index contributed by atoms with van der Waals surface area (Å²) in [5.41, 5.74) is 3.44. The molecule has 0 spiro atoms. The van der Waals surface area contributed by atoms with Crippen molar-refractivity contribution in [3.63, 3.8) is 0 Å². The number of aliphatic hydroxyl groups excluding tert-OH is 1. The van der Waals surface area contributed by atoms with Gasteiger partial charge in [0.1, 0.15) is 11.5 Å². The van der Waals surface area contributed by atoms with Crippen LogP contribution in [-0.4, -0.2) is 31.4 Å². The van der Waals surface area contributed by atoms with Gasteiger partial charge in [0.05, 0.1) is 20.4 Å². The second kappa shape index (κ2) is 7.95. The van der Waals surface area contributed by atoms with Gasteiger partial charge in [-0.1, -0.05) is 30.3 Å². The van der Waals surface area contributed by atoms with E-state index in [9.17, 15) is 9.90 Å². The number of nitrogens with one attached hydrogen (secondary N) is 1. The summed E-state index contributed by atoms with van der Waals surface area (Å²) in [6.07, 6.45) is 0.150. The van der Waals surface area contributed by atoms with Gasteiger partial charge in [-0.15, -0.1) is 0 Å². The molecule has 2 aromatic carbocycles. The first-order valence-electron chi connectivity index (χ1n) is 6.93. The van der Waals surface area contributed by atoms with Crippen LogP contribution in [0.15, 0.2) is 53.6 Å². The Kier molecular flexibility index (Phi) is 5.71. The lowest BCUT2D eigenvalue weighted by Gasteiger charge is -2.09. The topological polar surface area (TPSA) is 80.2 Å². The molecule has 1 atom stereocenters. The Balaban J connectivity index is 2.05. The third-order valence-electron chi connectivity index (χ3n) is 3.18. The molecule has 23 heavy (non-hydrogen) atoms. The molecule has 0 aliphatic carbocycles. The summed E-state index contributed by atoms with van der Waals surface area (Å²) >= 11 is 0. The molecule has 6 nitrogen and oxygen atoms in total. The Morgan fingerprint density at radius 3 is 2.57 bits per heavy atom. The van der Waals surface area contributed by atoms with Gasteiger partial charge in [0.2, 0.25) is 0 Å². The van der Waals surface area contributed by atoms with Gasteiger partial charge < -0.3 is 14.6 Å². The van der Waals surface area contributed by atoms with Crippen molar-refractivity contribution in [2.24, 2.45) is 5.10 Å². The number of aliphatic hydroxyl groups is 1. The summed E-state index contributed by atoms with van der Waals surface area (Å²) in [6, 6.07) is 13.8. The van der Waals surface area contributed by atoms with Crippen molar-refractivity contribution in [2.45, 2.75) is 6.10 Å². The number of carbonyl (C=O) groups excluding carboxylic acids is 1. The Hall–Kier alpha value is -2.86. The van der Waals surface area contributed by atoms with E-state index in [-0.39, 0.29) is 0 Å². The van der Waals surface area contributed by atoms with E-state index in [4.69, 9.17) is 9.47 Å². The van der Waals surface area contributed by atoms with Crippen LogP contribution in [0.1, 0.15) is 17.2 Å². The first-order chi connectivity index (χ1) is 11.2. The summed E-state index contributed by atoms with van der Waals surface area (Å²) in [7, 11) is 3.09. The number of carbonyl (C=O) groups is 1. The molecule has 6 heteroatoms. The van der Waals surface area contributed by atoms with E-state index in [2.05, 4.69) is 10.5 Å². The van der Waals surface area contributed by atoms with Crippen molar-refractivity contribution in [1.82, 2.24) is 5.43 Å². The number of hydrogen-bond donors (Lipinski definition) is 2. The lowest BCUT2D eigenvalue weighted by Crippen LogP contribution is -2.25. The predicted octanol–water partition coefficient (Wildman–Crippen LogP) is 1.89. The maximum Gasteiger partial charge on any atom is 0.273 e. The number of benzene rings is 2. The number of rotatable bonds is 6. The van der Waals surface area contributed by atoms with E-state index >= 15 is 0 Å². The number of hydrazone groups is 1.